The lowest BCUT2D eigenvalue weighted by molar-refractivity contribution is -0.160. The van der Waals surface area contributed by atoms with Crippen molar-refractivity contribution in [2.75, 3.05) is 27.3 Å². The lowest BCUT2D eigenvalue weighted by Crippen LogP contribution is -2.51. The molecule has 0 spiro atoms. The summed E-state index contributed by atoms with van der Waals surface area (Å²) in [5.74, 6) is -3.24. The number of esters is 1. The molecule has 168 valence electrons. The van der Waals surface area contributed by atoms with E-state index in [2.05, 4.69) is 4.90 Å². The molecule has 1 fully saturated rings. The number of piperidine rings is 1. The molecule has 6 nitrogen and oxygen atoms in total. The first-order valence-corrected chi connectivity index (χ1v) is 10.4. The van der Waals surface area contributed by atoms with Gasteiger partial charge in [0.05, 0.1) is 17.0 Å². The Labute approximate surface area is 192 Å². The molecule has 1 aromatic carbocycles. The molecule has 0 bridgehead atoms. The van der Waals surface area contributed by atoms with Crippen molar-refractivity contribution in [1.29, 1.82) is 0 Å². The number of benzene rings is 1. The summed E-state index contributed by atoms with van der Waals surface area (Å²) in [5, 5.41) is 0. The predicted octanol–water partition coefficient (Wildman–Crippen LogP) is 3.56. The summed E-state index contributed by atoms with van der Waals surface area (Å²) in [6.45, 7) is -1.36. The highest BCUT2D eigenvalue weighted by Gasteiger charge is 2.41. The summed E-state index contributed by atoms with van der Waals surface area (Å²) >= 11 is 0. The van der Waals surface area contributed by atoms with Crippen LogP contribution in [0.4, 0.5) is 0 Å². The molecular weight excluding hydrogens is 380 g/mol. The topological polar surface area (TPSA) is 74.0 Å². The minimum absolute atomic E-state index is 0.0287. The molecule has 0 radical (unpaired) electrons. The number of nitrogens with two attached hydrogens (primary N) is 1. The highest BCUT2D eigenvalue weighted by molar-refractivity contribution is 5.76. The van der Waals surface area contributed by atoms with Crippen LogP contribution in [0, 0.1) is 17.8 Å². The highest BCUT2D eigenvalue weighted by Crippen LogP contribution is 2.44. The smallest absolute Gasteiger partial charge is 0.323 e. The fourth-order valence-electron chi connectivity index (χ4n) is 4.48. The quantitative estimate of drug-likeness (QED) is 0.672. The van der Waals surface area contributed by atoms with E-state index in [1.54, 1.807) is 7.11 Å². The number of carbonyl (C=O) groups excluding carboxylic acids is 1. The number of fused-ring (bicyclic) bond motifs is 3. The number of rotatable bonds is 7. The first kappa shape index (κ1) is 14.3. The summed E-state index contributed by atoms with van der Waals surface area (Å²) in [6, 6.07) is 0.305. The Morgan fingerprint density at radius 2 is 2.03 bits per heavy atom. The van der Waals surface area contributed by atoms with E-state index in [9.17, 15) is 6.17 Å². The zero-order chi connectivity index (χ0) is 28.8. The van der Waals surface area contributed by atoms with Crippen molar-refractivity contribution in [3.8, 4) is 11.5 Å². The Morgan fingerprint density at radius 3 is 2.67 bits per heavy atom. The fraction of sp³-hybridized carbons (Fsp3) is 0.708. The van der Waals surface area contributed by atoms with E-state index in [4.69, 9.17) is 29.5 Å². The molecule has 3 rings (SSSR count). The molecule has 2 aliphatic rings. The summed E-state index contributed by atoms with van der Waals surface area (Å²) < 4.78 is 80.2. The van der Waals surface area contributed by atoms with E-state index >= 15 is 0 Å². The lowest BCUT2D eigenvalue weighted by Gasteiger charge is -2.47. The Bertz CT molecular complexity index is 1020. The summed E-state index contributed by atoms with van der Waals surface area (Å²) in [5.41, 5.74) is 7.74. The van der Waals surface area contributed by atoms with E-state index in [0.717, 1.165) is 17.5 Å². The SMILES string of the molecule is [2H]C([2H])([2H])C(C([2H])([2H])[2H])[C@]([2H])(N)C(=O)OC1([2H])CC2c3cc(OC)c(OC)cc3CCN2CC1CC(C)C. The molecule has 0 aliphatic carbocycles. The molecule has 1 saturated heterocycles. The van der Waals surface area contributed by atoms with E-state index in [0.29, 0.717) is 31.0 Å². The maximum absolute atomic E-state index is 13.3. The monoisotopic (exact) mass is 426 g/mol. The molecule has 1 aromatic rings. The molecular formula is C24H38N2O4. The van der Waals surface area contributed by atoms with Crippen LogP contribution in [0.25, 0.3) is 0 Å². The zero-order valence-corrected chi connectivity index (χ0v) is 18.2. The summed E-state index contributed by atoms with van der Waals surface area (Å²) in [6.07, 6.45) is -0.565. The van der Waals surface area contributed by atoms with Crippen LogP contribution < -0.4 is 15.2 Å². The van der Waals surface area contributed by atoms with Gasteiger partial charge in [0, 0.05) is 39.7 Å². The van der Waals surface area contributed by atoms with Gasteiger partial charge in [-0.25, -0.2) is 0 Å². The van der Waals surface area contributed by atoms with E-state index in [1.165, 1.54) is 7.11 Å². The Kier molecular flexibility index (Phi) is 4.56. The van der Waals surface area contributed by atoms with E-state index in [1.807, 2.05) is 26.0 Å². The summed E-state index contributed by atoms with van der Waals surface area (Å²) in [7, 11) is 3.08. The second-order valence-electron chi connectivity index (χ2n) is 8.44. The number of hydrogen-bond acceptors (Lipinski definition) is 6. The average Bonchev–Trinajstić information content (AvgIpc) is 2.76. The van der Waals surface area contributed by atoms with Gasteiger partial charge in [0.2, 0.25) is 0 Å². The van der Waals surface area contributed by atoms with Gasteiger partial charge in [-0.15, -0.1) is 0 Å². The van der Waals surface area contributed by atoms with Crippen LogP contribution in [0.15, 0.2) is 12.1 Å². The predicted molar refractivity (Wildman–Crippen MR) is 118 cm³/mol. The Morgan fingerprint density at radius 1 is 1.33 bits per heavy atom. The van der Waals surface area contributed by atoms with Crippen LogP contribution in [0.5, 0.6) is 11.5 Å². The molecule has 30 heavy (non-hydrogen) atoms. The van der Waals surface area contributed by atoms with Gasteiger partial charge in [-0.2, -0.15) is 0 Å². The van der Waals surface area contributed by atoms with Gasteiger partial charge in [0.15, 0.2) is 11.5 Å². The maximum Gasteiger partial charge on any atom is 0.323 e. The normalized spacial score (nSPS) is 33.2. The second kappa shape index (κ2) is 9.56. The summed E-state index contributed by atoms with van der Waals surface area (Å²) in [4.78, 5) is 15.5. The van der Waals surface area contributed by atoms with Crippen molar-refractivity contribution in [3.63, 3.8) is 0 Å². The molecule has 0 saturated carbocycles. The number of carbonyl (C=O) groups is 1. The van der Waals surface area contributed by atoms with Crippen LogP contribution in [0.1, 0.15) is 68.5 Å². The van der Waals surface area contributed by atoms with Crippen LogP contribution in [0.2, 0.25) is 0 Å². The van der Waals surface area contributed by atoms with Crippen molar-refractivity contribution in [3.05, 3.63) is 23.3 Å². The van der Waals surface area contributed by atoms with Crippen LogP contribution in [0.3, 0.4) is 0 Å². The van der Waals surface area contributed by atoms with Crippen molar-refractivity contribution >= 4 is 5.97 Å². The van der Waals surface area contributed by atoms with Gasteiger partial charge >= 0.3 is 5.97 Å². The number of nitrogens with zero attached hydrogens (tertiary/aromatic N) is 1. The largest absolute Gasteiger partial charge is 0.493 e. The van der Waals surface area contributed by atoms with Crippen molar-refractivity contribution < 1.29 is 30.0 Å². The highest BCUT2D eigenvalue weighted by atomic mass is 16.5. The van der Waals surface area contributed by atoms with E-state index in [-0.39, 0.29) is 18.4 Å². The van der Waals surface area contributed by atoms with Crippen LogP contribution in [-0.2, 0) is 16.0 Å². The third-order valence-corrected chi connectivity index (χ3v) is 5.94. The number of hydrogen-bond donors (Lipinski definition) is 1. The molecule has 2 N–H and O–H groups in total. The van der Waals surface area contributed by atoms with Gasteiger partial charge in [-0.1, -0.05) is 27.6 Å². The van der Waals surface area contributed by atoms with Crippen molar-refractivity contribution in [2.24, 2.45) is 23.5 Å². The average molecular weight is 427 g/mol. The third-order valence-electron chi connectivity index (χ3n) is 5.94. The molecule has 0 amide bonds. The van der Waals surface area contributed by atoms with Gasteiger partial charge in [-0.3, -0.25) is 9.69 Å². The molecule has 3 unspecified atom stereocenters. The zero-order valence-electron chi connectivity index (χ0n) is 26.2. The second-order valence-corrected chi connectivity index (χ2v) is 8.44. The first-order valence-electron chi connectivity index (χ1n) is 14.4. The van der Waals surface area contributed by atoms with E-state index < -0.39 is 43.6 Å². The number of ether oxygens (including phenoxy) is 3. The van der Waals surface area contributed by atoms with Crippen molar-refractivity contribution in [1.82, 2.24) is 4.90 Å². The third kappa shape index (κ3) is 4.75. The van der Waals surface area contributed by atoms with Gasteiger partial charge in [0.25, 0.3) is 0 Å². The molecule has 2 heterocycles. The molecule has 0 aromatic heterocycles. The molecule has 4 atom stereocenters. The van der Waals surface area contributed by atoms with Gasteiger partial charge < -0.3 is 19.9 Å². The minimum atomic E-state index is -3.23. The molecule has 2 aliphatic heterocycles. The minimum Gasteiger partial charge on any atom is -0.493 e. The fourth-order valence-corrected chi connectivity index (χ4v) is 4.48. The van der Waals surface area contributed by atoms with Crippen LogP contribution in [-0.4, -0.2) is 50.3 Å². The van der Waals surface area contributed by atoms with Gasteiger partial charge in [-0.05, 0) is 47.9 Å². The van der Waals surface area contributed by atoms with Gasteiger partial charge in [0.1, 0.15) is 12.1 Å². The standard InChI is InChI=1S/C24H38N2O4/c1-14(2)9-17-13-26-8-7-16-10-21(28-5)22(29-6)11-18(16)19(26)12-20(17)30-24(27)23(25)15(3)4/h10-11,14-15,17,19-20,23H,7-9,12-13,25H2,1-6H3/t17?,19?,20?,23-/m0/s1/i3D3,4D3,20D,23D. The Hall–Kier alpha value is -1.79. The number of methoxy groups -OCH3 is 2. The lowest BCUT2D eigenvalue weighted by atomic mass is 9.79. The van der Waals surface area contributed by atoms with Crippen LogP contribution >= 0.6 is 0 Å². The Balaban J connectivity index is 2.01. The maximum atomic E-state index is 13.3. The first-order chi connectivity index (χ1) is 17.3. The molecule has 6 heteroatoms. The van der Waals surface area contributed by atoms with Crippen molar-refractivity contribution in [2.45, 2.75) is 65.0 Å².